The van der Waals surface area contributed by atoms with E-state index in [1.54, 1.807) is 0 Å². The van der Waals surface area contributed by atoms with Crippen molar-refractivity contribution in [3.63, 3.8) is 0 Å². The maximum atomic E-state index is 12.8. The van der Waals surface area contributed by atoms with Gasteiger partial charge in [0, 0.05) is 28.1 Å². The van der Waals surface area contributed by atoms with Crippen LogP contribution in [0.3, 0.4) is 0 Å². The molecule has 4 rings (SSSR count). The summed E-state index contributed by atoms with van der Waals surface area (Å²) in [6.45, 7) is 6.90. The lowest BCUT2D eigenvalue weighted by molar-refractivity contribution is 0.0984. The molecule has 2 aromatic carbocycles. The Balaban J connectivity index is 1.52. The van der Waals surface area contributed by atoms with Crippen LogP contribution in [0.2, 0.25) is 0 Å². The van der Waals surface area contributed by atoms with Gasteiger partial charge < -0.3 is 4.74 Å². The maximum Gasteiger partial charge on any atom is 0.261 e. The summed E-state index contributed by atoms with van der Waals surface area (Å²) in [5.74, 6) is 1.25. The van der Waals surface area contributed by atoms with Gasteiger partial charge in [0.25, 0.3) is 5.91 Å². The molecule has 0 aliphatic carbocycles. The number of fused-ring (bicyclic) bond motifs is 1. The average Bonchev–Trinajstić information content (AvgIpc) is 2.77. The zero-order valence-electron chi connectivity index (χ0n) is 18.2. The number of benzene rings is 2. The minimum absolute atomic E-state index is 0.0456. The first-order valence-electron chi connectivity index (χ1n) is 10.6. The molecule has 0 radical (unpaired) electrons. The number of hydrogen-bond acceptors (Lipinski definition) is 4. The summed E-state index contributed by atoms with van der Waals surface area (Å²) in [6.07, 6.45) is 3.72. The summed E-state index contributed by atoms with van der Waals surface area (Å²) < 4.78 is 9.07. The third-order valence-electron chi connectivity index (χ3n) is 5.21. The van der Waals surface area contributed by atoms with Crippen molar-refractivity contribution in [1.82, 2.24) is 9.71 Å². The van der Waals surface area contributed by atoms with Crippen LogP contribution in [0.1, 0.15) is 42.4 Å². The highest BCUT2D eigenvalue weighted by atomic mass is 32.2. The first-order valence-corrected chi connectivity index (χ1v) is 11.4. The third-order valence-corrected chi connectivity index (χ3v) is 6.11. The number of pyridine rings is 1. The summed E-state index contributed by atoms with van der Waals surface area (Å²) in [5, 5.41) is 0. The van der Waals surface area contributed by atoms with Gasteiger partial charge in [-0.1, -0.05) is 36.4 Å². The SMILES string of the molecule is CC(C)(C)SNC(=O)c1ccccc1-c1ccc2c(c1)OC[C@H](Cc1ccccn1)C2. The fourth-order valence-electron chi connectivity index (χ4n) is 3.74. The predicted octanol–water partition coefficient (Wildman–Crippen LogP) is 5.72. The summed E-state index contributed by atoms with van der Waals surface area (Å²) in [7, 11) is 0. The Morgan fingerprint density at radius 3 is 2.71 bits per heavy atom. The van der Waals surface area contributed by atoms with E-state index in [0.29, 0.717) is 18.1 Å². The highest BCUT2D eigenvalue weighted by Crippen LogP contribution is 2.34. The van der Waals surface area contributed by atoms with Gasteiger partial charge in [0.05, 0.1) is 6.61 Å². The molecular formula is C26H28N2O2S. The molecule has 1 N–H and O–H groups in total. The van der Waals surface area contributed by atoms with E-state index in [-0.39, 0.29) is 10.7 Å². The molecule has 31 heavy (non-hydrogen) atoms. The van der Waals surface area contributed by atoms with Crippen LogP contribution in [0.4, 0.5) is 0 Å². The molecule has 1 aliphatic heterocycles. The first-order chi connectivity index (χ1) is 14.9. The number of ether oxygens (including phenoxy) is 1. The molecule has 1 aromatic heterocycles. The number of nitrogens with one attached hydrogen (secondary N) is 1. The molecule has 0 saturated heterocycles. The Hall–Kier alpha value is -2.79. The molecule has 0 unspecified atom stereocenters. The zero-order chi connectivity index (χ0) is 21.8. The number of carbonyl (C=O) groups is 1. The van der Waals surface area contributed by atoms with Gasteiger partial charge in [-0.05, 0) is 86.5 Å². The van der Waals surface area contributed by atoms with E-state index in [0.717, 1.165) is 35.4 Å². The molecule has 0 fully saturated rings. The van der Waals surface area contributed by atoms with Crippen LogP contribution >= 0.6 is 11.9 Å². The van der Waals surface area contributed by atoms with Crippen LogP contribution < -0.4 is 9.46 Å². The standard InChI is InChI=1S/C26H28N2O2S/c1-26(2,3)31-28-25(29)23-10-5-4-9-22(23)19-11-12-20-14-18(17-30-24(20)16-19)15-21-8-6-7-13-27-21/h4-13,16,18H,14-15,17H2,1-3H3,(H,28,29)/t18-/m0/s1. The Labute approximate surface area is 188 Å². The van der Waals surface area contributed by atoms with Crippen molar-refractivity contribution < 1.29 is 9.53 Å². The highest BCUT2D eigenvalue weighted by molar-refractivity contribution is 7.99. The Morgan fingerprint density at radius 2 is 1.94 bits per heavy atom. The van der Waals surface area contributed by atoms with E-state index in [2.05, 4.69) is 54.7 Å². The number of nitrogens with zero attached hydrogens (tertiary/aromatic N) is 1. The van der Waals surface area contributed by atoms with Crippen molar-refractivity contribution in [2.75, 3.05) is 6.61 Å². The monoisotopic (exact) mass is 432 g/mol. The lowest BCUT2D eigenvalue weighted by Crippen LogP contribution is -2.24. The van der Waals surface area contributed by atoms with Crippen LogP contribution in [-0.2, 0) is 12.8 Å². The summed E-state index contributed by atoms with van der Waals surface area (Å²) >= 11 is 1.43. The van der Waals surface area contributed by atoms with E-state index in [4.69, 9.17) is 4.74 Å². The molecule has 1 atom stereocenters. The van der Waals surface area contributed by atoms with Gasteiger partial charge in [0.1, 0.15) is 5.75 Å². The maximum absolute atomic E-state index is 12.8. The fourth-order valence-corrected chi connectivity index (χ4v) is 4.24. The van der Waals surface area contributed by atoms with Gasteiger partial charge >= 0.3 is 0 Å². The highest BCUT2D eigenvalue weighted by Gasteiger charge is 2.22. The lowest BCUT2D eigenvalue weighted by Gasteiger charge is -2.26. The number of aromatic nitrogens is 1. The van der Waals surface area contributed by atoms with E-state index in [1.165, 1.54) is 17.5 Å². The molecule has 1 aliphatic rings. The van der Waals surface area contributed by atoms with Crippen molar-refractivity contribution in [1.29, 1.82) is 0 Å². The number of rotatable bonds is 5. The molecule has 3 aromatic rings. The van der Waals surface area contributed by atoms with Crippen LogP contribution in [0.25, 0.3) is 11.1 Å². The van der Waals surface area contributed by atoms with Crippen molar-refractivity contribution >= 4 is 17.9 Å². The zero-order valence-corrected chi connectivity index (χ0v) is 19.0. The Kier molecular flexibility index (Phi) is 6.33. The van der Waals surface area contributed by atoms with Crippen molar-refractivity contribution in [3.05, 3.63) is 83.7 Å². The van der Waals surface area contributed by atoms with Gasteiger partial charge in [-0.3, -0.25) is 14.5 Å². The molecule has 0 saturated carbocycles. The second kappa shape index (κ2) is 9.15. The number of hydrogen-bond donors (Lipinski definition) is 1. The van der Waals surface area contributed by atoms with Crippen LogP contribution in [-0.4, -0.2) is 22.2 Å². The minimum Gasteiger partial charge on any atom is -0.493 e. The molecule has 0 spiro atoms. The molecule has 2 heterocycles. The van der Waals surface area contributed by atoms with Gasteiger partial charge in [-0.15, -0.1) is 0 Å². The molecule has 160 valence electrons. The largest absolute Gasteiger partial charge is 0.493 e. The van der Waals surface area contributed by atoms with Crippen LogP contribution in [0.5, 0.6) is 5.75 Å². The first kappa shape index (κ1) is 21.4. The van der Waals surface area contributed by atoms with Crippen molar-refractivity contribution in [2.45, 2.75) is 38.4 Å². The number of amides is 1. The predicted molar refractivity (Wildman–Crippen MR) is 127 cm³/mol. The second-order valence-corrected chi connectivity index (χ2v) is 10.6. The van der Waals surface area contributed by atoms with Gasteiger partial charge in [0.2, 0.25) is 0 Å². The number of carbonyl (C=O) groups excluding carboxylic acids is 1. The van der Waals surface area contributed by atoms with Gasteiger partial charge in [-0.25, -0.2) is 0 Å². The molecule has 1 amide bonds. The van der Waals surface area contributed by atoms with Gasteiger partial charge in [-0.2, -0.15) is 0 Å². The Bertz CT molecular complexity index is 1060. The van der Waals surface area contributed by atoms with E-state index < -0.39 is 0 Å². The molecule has 4 nitrogen and oxygen atoms in total. The summed E-state index contributed by atoms with van der Waals surface area (Å²) in [4.78, 5) is 17.3. The topological polar surface area (TPSA) is 51.2 Å². The van der Waals surface area contributed by atoms with E-state index in [9.17, 15) is 4.79 Å². The summed E-state index contributed by atoms with van der Waals surface area (Å²) in [5.41, 5.74) is 4.89. The second-order valence-electron chi connectivity index (χ2n) is 8.92. The fraction of sp³-hybridized carbons (Fsp3) is 0.308. The van der Waals surface area contributed by atoms with Gasteiger partial charge in [0.15, 0.2) is 0 Å². The smallest absolute Gasteiger partial charge is 0.261 e. The normalized spacial score (nSPS) is 15.6. The van der Waals surface area contributed by atoms with E-state index >= 15 is 0 Å². The molecular weight excluding hydrogens is 404 g/mol. The summed E-state index contributed by atoms with van der Waals surface area (Å²) in [6, 6.07) is 20.1. The third kappa shape index (κ3) is 5.47. The quantitative estimate of drug-likeness (QED) is 0.524. The van der Waals surface area contributed by atoms with Crippen molar-refractivity contribution in [3.8, 4) is 16.9 Å². The molecule has 0 bridgehead atoms. The lowest BCUT2D eigenvalue weighted by atomic mass is 9.90. The van der Waals surface area contributed by atoms with Crippen LogP contribution in [0.15, 0.2) is 66.9 Å². The average molecular weight is 433 g/mol. The molecule has 5 heteroatoms. The minimum atomic E-state index is -0.0791. The van der Waals surface area contributed by atoms with Crippen LogP contribution in [0, 0.1) is 5.92 Å². The van der Waals surface area contributed by atoms with Crippen molar-refractivity contribution in [2.24, 2.45) is 5.92 Å². The Morgan fingerprint density at radius 1 is 1.13 bits per heavy atom. The van der Waals surface area contributed by atoms with E-state index in [1.807, 2.05) is 42.6 Å².